The van der Waals surface area contributed by atoms with Crippen LogP contribution in [-0.4, -0.2) is 12.1 Å². The molecule has 0 fully saturated rings. The van der Waals surface area contributed by atoms with Crippen LogP contribution >= 0.6 is 6.89 Å². The van der Waals surface area contributed by atoms with Gasteiger partial charge in [-0.2, -0.15) is 5.80 Å². The van der Waals surface area contributed by atoms with E-state index in [1.54, 1.807) is 5.80 Å². The van der Waals surface area contributed by atoms with Gasteiger partial charge in [0.05, 0.1) is 0 Å². The molecule has 0 saturated heterocycles. The number of benzene rings is 3. The smallest absolute Gasteiger partial charge is 0.538 e. The van der Waals surface area contributed by atoms with Crippen LogP contribution in [0.2, 0.25) is 0 Å². The van der Waals surface area contributed by atoms with E-state index in [0.29, 0.717) is 0 Å². The Morgan fingerprint density at radius 3 is 1.17 bits per heavy atom. The molecule has 108 valence electrons. The number of carbonyl (C=O) groups excluding carboxylic acids is 1. The van der Waals surface area contributed by atoms with Crippen molar-refractivity contribution in [2.45, 2.75) is 0 Å². The average molecular weight is 392 g/mol. The monoisotopic (exact) mass is 392 g/mol. The summed E-state index contributed by atoms with van der Waals surface area (Å²) in [5.74, 6) is 1.73. The summed E-state index contributed by atoms with van der Waals surface area (Å²) in [5, 5.41) is 3.49. The van der Waals surface area contributed by atoms with Crippen LogP contribution in [0.5, 0.6) is 0 Å². The number of hydrogen-bond acceptors (Lipinski definition) is 1. The third-order valence-corrected chi connectivity index (χ3v) is 7.57. The first-order valence-electron chi connectivity index (χ1n) is 7.15. The second kappa shape index (κ2) is 8.55. The summed E-state index contributed by atoms with van der Waals surface area (Å²) in [6.45, 7) is -2.10. The van der Waals surface area contributed by atoms with Crippen LogP contribution in [0.4, 0.5) is 0 Å². The summed E-state index contributed by atoms with van der Waals surface area (Å²) in [6.07, 6.45) is 2.08. The Balaban J connectivity index is 0.00000192. The van der Waals surface area contributed by atoms with Crippen LogP contribution < -0.4 is 15.9 Å². The maximum atomic E-state index is 11.4. The van der Waals surface area contributed by atoms with Crippen LogP contribution in [0, 0.1) is 0 Å². The van der Waals surface area contributed by atoms with Crippen LogP contribution in [0.1, 0.15) is 0 Å². The van der Waals surface area contributed by atoms with E-state index in [1.807, 2.05) is 54.6 Å². The van der Waals surface area contributed by atoms with Crippen molar-refractivity contribution >= 4 is 34.9 Å². The molecule has 0 amide bonds. The van der Waals surface area contributed by atoms with Crippen molar-refractivity contribution in [1.82, 2.24) is 0 Å². The fraction of sp³-hybridized carbons (Fsp3) is 0. The Morgan fingerprint density at radius 2 is 0.913 bits per heavy atom. The van der Waals surface area contributed by atoms with Crippen LogP contribution in [0.25, 0.3) is 0 Å². The molecule has 0 spiro atoms. The van der Waals surface area contributed by atoms with Gasteiger partial charge in [0.2, 0.25) is 0 Å². The van der Waals surface area contributed by atoms with Crippen LogP contribution in [0.3, 0.4) is 0 Å². The molecule has 3 aromatic carbocycles. The third kappa shape index (κ3) is 3.64. The van der Waals surface area contributed by atoms with E-state index in [4.69, 9.17) is 0 Å². The average Bonchev–Trinajstić information content (AvgIpc) is 2.62. The molecule has 0 aliphatic carbocycles. The number of rotatable bonds is 4. The van der Waals surface area contributed by atoms with Crippen molar-refractivity contribution < 1.29 is 37.5 Å². The van der Waals surface area contributed by atoms with Crippen molar-refractivity contribution in [2.75, 3.05) is 0 Å². The largest absolute Gasteiger partial charge is 3.00 e. The molecule has 0 aliphatic rings. The molecule has 0 saturated carbocycles. The molecule has 3 heteroatoms. The topological polar surface area (TPSA) is 17.1 Å². The van der Waals surface area contributed by atoms with Gasteiger partial charge in [0, 0.05) is 0 Å². The van der Waals surface area contributed by atoms with E-state index in [0.717, 1.165) is 15.9 Å². The Bertz CT molecular complexity index is 695. The molecular weight excluding hydrogens is 376 g/mol. The summed E-state index contributed by atoms with van der Waals surface area (Å²) in [7, 11) is 0. The first kappa shape index (κ1) is 18.1. The summed E-state index contributed by atoms with van der Waals surface area (Å²) in [6, 6.07) is 30.7. The molecule has 0 N–H and O–H groups in total. The fourth-order valence-corrected chi connectivity index (χ4v) is 6.17. The van der Waals surface area contributed by atoms with Crippen LogP contribution in [0.15, 0.2) is 91.0 Å². The zero-order valence-electron chi connectivity index (χ0n) is 12.7. The van der Waals surface area contributed by atoms with Crippen molar-refractivity contribution in [1.29, 1.82) is 0 Å². The minimum atomic E-state index is -2.10. The fourth-order valence-electron chi connectivity index (χ4n) is 2.74. The minimum Gasteiger partial charge on any atom is -0.538 e. The van der Waals surface area contributed by atoms with Gasteiger partial charge in [-0.05, 0) is 15.9 Å². The third-order valence-electron chi connectivity index (χ3n) is 3.74. The van der Waals surface area contributed by atoms with Crippen LogP contribution in [-0.2, 0) is 37.5 Å². The summed E-state index contributed by atoms with van der Waals surface area (Å²) >= 11 is 0. The minimum absolute atomic E-state index is 0. The molecule has 0 bridgehead atoms. The van der Waals surface area contributed by atoms with Gasteiger partial charge in [-0.15, -0.1) is 0 Å². The molecule has 23 heavy (non-hydrogen) atoms. The van der Waals surface area contributed by atoms with E-state index < -0.39 is 6.89 Å². The van der Waals surface area contributed by atoms with Gasteiger partial charge in [-0.3, -0.25) is 0 Å². The Morgan fingerprint density at radius 1 is 0.609 bits per heavy atom. The molecule has 0 aromatic heterocycles. The molecule has 0 aliphatic heterocycles. The Labute approximate surface area is 162 Å². The van der Waals surface area contributed by atoms with Gasteiger partial charge in [0.15, 0.2) is 0 Å². The maximum Gasteiger partial charge on any atom is 3.00 e. The molecule has 0 unspecified atom stereocenters. The molecule has 0 atom stereocenters. The molecule has 3 aromatic rings. The van der Waals surface area contributed by atoms with E-state index in [1.165, 1.54) is 0 Å². The maximum absolute atomic E-state index is 11.4. The molecule has 0 radical (unpaired) electrons. The summed E-state index contributed by atoms with van der Waals surface area (Å²) in [4.78, 5) is 11.4. The summed E-state index contributed by atoms with van der Waals surface area (Å²) < 4.78 is 0. The van der Waals surface area contributed by atoms with Crippen molar-refractivity contribution in [2.24, 2.45) is 0 Å². The van der Waals surface area contributed by atoms with E-state index in [2.05, 4.69) is 42.7 Å². The Kier molecular flexibility index (Phi) is 6.72. The second-order valence-electron chi connectivity index (χ2n) is 4.98. The zero-order valence-corrected chi connectivity index (χ0v) is 16.4. The van der Waals surface area contributed by atoms with Gasteiger partial charge >= 0.3 is 32.7 Å². The van der Waals surface area contributed by atoms with E-state index in [-0.39, 0.29) is 32.7 Å². The Hall–Kier alpha value is -1.27. The van der Waals surface area contributed by atoms with Crippen molar-refractivity contribution in [3.05, 3.63) is 91.0 Å². The summed E-state index contributed by atoms with van der Waals surface area (Å²) in [5.41, 5.74) is 0. The van der Waals surface area contributed by atoms with Gasteiger partial charge in [-0.1, -0.05) is 97.9 Å². The number of hydrogen-bond donors (Lipinski definition) is 0. The predicted molar refractivity (Wildman–Crippen MR) is 96.9 cm³/mol. The predicted octanol–water partition coefficient (Wildman–Crippen LogP) is 2.89. The normalized spacial score (nSPS) is 10.4. The zero-order chi connectivity index (χ0) is 15.3. The molecule has 0 heterocycles. The standard InChI is InChI=1S/C20H16OP.Y/c21-16-17-22(18-10-4-1-5-11-18,19-12-6-2-7-13-19)20-14-8-3-9-15-20;/h1-15,17H;/q-1;+3. The van der Waals surface area contributed by atoms with Gasteiger partial charge in [-0.25, -0.2) is 6.29 Å². The second-order valence-corrected chi connectivity index (χ2v) is 8.23. The van der Waals surface area contributed by atoms with Gasteiger partial charge in [0.25, 0.3) is 0 Å². The first-order chi connectivity index (χ1) is 10.9. The van der Waals surface area contributed by atoms with Crippen molar-refractivity contribution in [3.8, 4) is 0 Å². The van der Waals surface area contributed by atoms with Gasteiger partial charge in [0.1, 0.15) is 0 Å². The molecule has 1 nitrogen and oxygen atoms in total. The quantitative estimate of drug-likeness (QED) is 0.493. The van der Waals surface area contributed by atoms with E-state index in [9.17, 15) is 4.79 Å². The molecule has 3 rings (SSSR count). The van der Waals surface area contributed by atoms with Crippen molar-refractivity contribution in [3.63, 3.8) is 0 Å². The molecular formula is C20H16OPY+2. The SMILES string of the molecule is O=[C-]C=P(c1ccccc1)(c1ccccc1)c1ccccc1.[Y+3]. The first-order valence-corrected chi connectivity index (χ1v) is 9.01. The van der Waals surface area contributed by atoms with E-state index >= 15 is 0 Å². The van der Waals surface area contributed by atoms with Gasteiger partial charge < -0.3 is 4.79 Å².